The molecule has 0 aliphatic heterocycles. The number of rotatable bonds is 4. The Hall–Kier alpha value is -1.30. The number of hydrogen-bond acceptors (Lipinski definition) is 3. The van der Waals surface area contributed by atoms with Gasteiger partial charge in [-0.15, -0.1) is 0 Å². The zero-order valence-electron chi connectivity index (χ0n) is 10.6. The number of halogens is 3. The maximum Gasteiger partial charge on any atom is 0.405 e. The Balaban J connectivity index is 3.16. The van der Waals surface area contributed by atoms with Gasteiger partial charge in [0.05, 0.1) is 6.61 Å². The van der Waals surface area contributed by atoms with Crippen LogP contribution in [-0.4, -0.2) is 28.9 Å². The maximum atomic E-state index is 12.6. The van der Waals surface area contributed by atoms with Gasteiger partial charge in [-0.1, -0.05) is 0 Å². The first-order chi connectivity index (χ1) is 8.24. The summed E-state index contributed by atoms with van der Waals surface area (Å²) in [6, 6.07) is 1.25. The average Bonchev–Trinajstić information content (AvgIpc) is 2.24. The molecule has 1 aromatic heterocycles. The molecule has 18 heavy (non-hydrogen) atoms. The molecule has 0 radical (unpaired) electrons. The number of pyridine rings is 1. The Morgan fingerprint density at radius 2 is 2.00 bits per heavy atom. The first-order valence-corrected chi connectivity index (χ1v) is 5.64. The molecule has 0 aliphatic carbocycles. The third-order valence-electron chi connectivity index (χ3n) is 2.55. The van der Waals surface area contributed by atoms with Crippen molar-refractivity contribution >= 4 is 5.69 Å². The standard InChI is InChI=1S/C12H17F3N2O/c1-8(2)17(7-12(13,14)15)11-4-9(3)16-5-10(11)6-18/h4-5,8,18H,6-7H2,1-3H3. The molecule has 1 rings (SSSR count). The van der Waals surface area contributed by atoms with Gasteiger partial charge in [-0.3, -0.25) is 4.98 Å². The molecule has 0 bridgehead atoms. The van der Waals surface area contributed by atoms with Gasteiger partial charge in [0.25, 0.3) is 0 Å². The van der Waals surface area contributed by atoms with E-state index < -0.39 is 12.7 Å². The second-order valence-electron chi connectivity index (χ2n) is 4.45. The summed E-state index contributed by atoms with van der Waals surface area (Å²) in [5.41, 5.74) is 1.41. The summed E-state index contributed by atoms with van der Waals surface area (Å²) in [6.07, 6.45) is -2.87. The molecular formula is C12H17F3N2O. The number of hydrogen-bond donors (Lipinski definition) is 1. The minimum Gasteiger partial charge on any atom is -0.392 e. The molecule has 0 atom stereocenters. The van der Waals surface area contributed by atoms with Crippen LogP contribution in [-0.2, 0) is 6.61 Å². The van der Waals surface area contributed by atoms with Crippen LogP contribution in [0.3, 0.4) is 0 Å². The van der Waals surface area contributed by atoms with Crippen molar-refractivity contribution < 1.29 is 18.3 Å². The lowest BCUT2D eigenvalue weighted by molar-refractivity contribution is -0.120. The Morgan fingerprint density at radius 1 is 1.39 bits per heavy atom. The number of anilines is 1. The molecular weight excluding hydrogens is 245 g/mol. The highest BCUT2D eigenvalue weighted by Crippen LogP contribution is 2.27. The van der Waals surface area contributed by atoms with E-state index in [-0.39, 0.29) is 12.6 Å². The summed E-state index contributed by atoms with van der Waals surface area (Å²) < 4.78 is 37.7. The van der Waals surface area contributed by atoms with Crippen molar-refractivity contribution in [2.45, 2.75) is 39.6 Å². The summed E-state index contributed by atoms with van der Waals surface area (Å²) in [7, 11) is 0. The number of nitrogens with zero attached hydrogens (tertiary/aromatic N) is 2. The third-order valence-corrected chi connectivity index (χ3v) is 2.55. The molecule has 3 nitrogen and oxygen atoms in total. The average molecular weight is 262 g/mol. The van der Waals surface area contributed by atoms with Crippen molar-refractivity contribution in [1.82, 2.24) is 4.98 Å². The molecule has 1 heterocycles. The second kappa shape index (κ2) is 5.56. The van der Waals surface area contributed by atoms with Crippen LogP contribution in [0, 0.1) is 6.92 Å². The van der Waals surface area contributed by atoms with Crippen LogP contribution in [0.1, 0.15) is 25.1 Å². The second-order valence-corrected chi connectivity index (χ2v) is 4.45. The molecule has 0 aliphatic rings. The summed E-state index contributed by atoms with van der Waals surface area (Å²) in [4.78, 5) is 5.20. The first-order valence-electron chi connectivity index (χ1n) is 5.64. The van der Waals surface area contributed by atoms with E-state index in [4.69, 9.17) is 0 Å². The third kappa shape index (κ3) is 3.87. The van der Waals surface area contributed by atoms with Crippen molar-refractivity contribution in [2.75, 3.05) is 11.4 Å². The van der Waals surface area contributed by atoms with E-state index in [1.165, 1.54) is 11.1 Å². The number of aromatic nitrogens is 1. The summed E-state index contributed by atoms with van der Waals surface area (Å²) in [5, 5.41) is 9.19. The zero-order valence-corrected chi connectivity index (χ0v) is 10.6. The number of aliphatic hydroxyl groups excluding tert-OH is 1. The Bertz CT molecular complexity index is 405. The lowest BCUT2D eigenvalue weighted by Gasteiger charge is -2.31. The van der Waals surface area contributed by atoms with Crippen molar-refractivity contribution in [1.29, 1.82) is 0 Å². The highest BCUT2D eigenvalue weighted by molar-refractivity contribution is 5.54. The molecule has 102 valence electrons. The molecule has 1 N–H and O–H groups in total. The van der Waals surface area contributed by atoms with Gasteiger partial charge < -0.3 is 10.0 Å². The van der Waals surface area contributed by atoms with Crippen LogP contribution in [0.25, 0.3) is 0 Å². The van der Waals surface area contributed by atoms with E-state index in [2.05, 4.69) is 4.98 Å². The minimum atomic E-state index is -4.28. The SMILES string of the molecule is Cc1cc(N(CC(F)(F)F)C(C)C)c(CO)cn1. The van der Waals surface area contributed by atoms with Crippen LogP contribution in [0.15, 0.2) is 12.3 Å². The molecule has 0 amide bonds. The molecule has 0 spiro atoms. The van der Waals surface area contributed by atoms with E-state index in [1.807, 2.05) is 0 Å². The first kappa shape index (κ1) is 14.8. The Morgan fingerprint density at radius 3 is 2.44 bits per heavy atom. The van der Waals surface area contributed by atoms with Gasteiger partial charge >= 0.3 is 6.18 Å². The molecule has 0 aromatic carbocycles. The number of aryl methyl sites for hydroxylation is 1. The van der Waals surface area contributed by atoms with Crippen LogP contribution >= 0.6 is 0 Å². The van der Waals surface area contributed by atoms with E-state index in [9.17, 15) is 18.3 Å². The van der Waals surface area contributed by atoms with Gasteiger partial charge in [-0.25, -0.2) is 0 Å². The summed E-state index contributed by atoms with van der Waals surface area (Å²) in [6.45, 7) is 3.70. The van der Waals surface area contributed by atoms with Crippen LogP contribution in [0.4, 0.5) is 18.9 Å². The van der Waals surface area contributed by atoms with Gasteiger partial charge in [-0.05, 0) is 26.8 Å². The molecule has 1 aromatic rings. The lowest BCUT2D eigenvalue weighted by Crippen LogP contribution is -2.39. The fourth-order valence-electron chi connectivity index (χ4n) is 1.70. The van der Waals surface area contributed by atoms with Gasteiger partial charge in [-0.2, -0.15) is 13.2 Å². The molecule has 0 unspecified atom stereocenters. The topological polar surface area (TPSA) is 36.4 Å². The predicted molar refractivity (Wildman–Crippen MR) is 63.4 cm³/mol. The van der Waals surface area contributed by atoms with Gasteiger partial charge in [0, 0.05) is 29.2 Å². The minimum absolute atomic E-state index is 0.321. The largest absolute Gasteiger partial charge is 0.405 e. The van der Waals surface area contributed by atoms with Crippen molar-refractivity contribution in [3.05, 3.63) is 23.5 Å². The van der Waals surface area contributed by atoms with E-state index >= 15 is 0 Å². The Kier molecular flexibility index (Phi) is 4.56. The zero-order chi connectivity index (χ0) is 13.9. The lowest BCUT2D eigenvalue weighted by atomic mass is 10.1. The normalized spacial score (nSPS) is 12.0. The van der Waals surface area contributed by atoms with Crippen LogP contribution in [0.2, 0.25) is 0 Å². The van der Waals surface area contributed by atoms with Gasteiger partial charge in [0.2, 0.25) is 0 Å². The highest BCUT2D eigenvalue weighted by atomic mass is 19.4. The van der Waals surface area contributed by atoms with E-state index in [0.717, 1.165) is 0 Å². The summed E-state index contributed by atoms with van der Waals surface area (Å²) in [5.74, 6) is 0. The fourth-order valence-corrected chi connectivity index (χ4v) is 1.70. The summed E-state index contributed by atoms with van der Waals surface area (Å²) >= 11 is 0. The van der Waals surface area contributed by atoms with Gasteiger partial charge in [0.15, 0.2) is 0 Å². The molecule has 0 saturated heterocycles. The van der Waals surface area contributed by atoms with Crippen molar-refractivity contribution in [2.24, 2.45) is 0 Å². The molecule has 0 saturated carbocycles. The Labute approximate surface area is 104 Å². The van der Waals surface area contributed by atoms with Crippen molar-refractivity contribution in [3.63, 3.8) is 0 Å². The monoisotopic (exact) mass is 262 g/mol. The van der Waals surface area contributed by atoms with E-state index in [1.54, 1.807) is 26.8 Å². The number of aliphatic hydroxyl groups is 1. The van der Waals surface area contributed by atoms with Crippen molar-refractivity contribution in [3.8, 4) is 0 Å². The number of alkyl halides is 3. The smallest absolute Gasteiger partial charge is 0.392 e. The van der Waals surface area contributed by atoms with Crippen LogP contribution in [0.5, 0.6) is 0 Å². The van der Waals surface area contributed by atoms with Gasteiger partial charge in [0.1, 0.15) is 6.54 Å². The molecule has 0 fully saturated rings. The van der Waals surface area contributed by atoms with E-state index in [0.29, 0.717) is 16.9 Å². The molecule has 6 heteroatoms. The maximum absolute atomic E-state index is 12.6. The van der Waals surface area contributed by atoms with Crippen LogP contribution < -0.4 is 4.90 Å². The quantitative estimate of drug-likeness (QED) is 0.906. The highest BCUT2D eigenvalue weighted by Gasteiger charge is 2.32. The predicted octanol–water partition coefficient (Wildman–Crippen LogP) is 2.66. The fraction of sp³-hybridized carbons (Fsp3) is 0.583.